The van der Waals surface area contributed by atoms with E-state index in [-0.39, 0.29) is 0 Å². The summed E-state index contributed by atoms with van der Waals surface area (Å²) in [4.78, 5) is 4.51. The van der Waals surface area contributed by atoms with Crippen LogP contribution >= 0.6 is 11.8 Å². The number of aromatic nitrogens is 4. The van der Waals surface area contributed by atoms with Gasteiger partial charge in [-0.3, -0.25) is 0 Å². The summed E-state index contributed by atoms with van der Waals surface area (Å²) in [5.74, 6) is 1.99. The molecule has 0 atom stereocenters. The SMILES string of the molecule is CNc1cccc(Sc2nnc3n2CCCCC3)n1. The maximum absolute atomic E-state index is 4.51. The molecule has 1 aliphatic heterocycles. The minimum Gasteiger partial charge on any atom is -0.373 e. The highest BCUT2D eigenvalue weighted by molar-refractivity contribution is 7.99. The topological polar surface area (TPSA) is 55.6 Å². The van der Waals surface area contributed by atoms with Gasteiger partial charge < -0.3 is 9.88 Å². The number of pyridine rings is 1. The fourth-order valence-electron chi connectivity index (χ4n) is 2.24. The van der Waals surface area contributed by atoms with Crippen molar-refractivity contribution in [2.75, 3.05) is 12.4 Å². The maximum Gasteiger partial charge on any atom is 0.197 e. The summed E-state index contributed by atoms with van der Waals surface area (Å²) >= 11 is 1.59. The van der Waals surface area contributed by atoms with Crippen LogP contribution in [0.4, 0.5) is 5.82 Å². The molecule has 0 aromatic carbocycles. The third-order valence-corrected chi connectivity index (χ3v) is 4.17. The summed E-state index contributed by atoms with van der Waals surface area (Å²) in [6, 6.07) is 5.96. The molecule has 19 heavy (non-hydrogen) atoms. The van der Waals surface area contributed by atoms with Crippen LogP contribution in [0.1, 0.15) is 25.1 Å². The van der Waals surface area contributed by atoms with Crippen molar-refractivity contribution in [3.8, 4) is 0 Å². The van der Waals surface area contributed by atoms with Gasteiger partial charge in [0.15, 0.2) is 5.16 Å². The van der Waals surface area contributed by atoms with Crippen molar-refractivity contribution in [2.45, 2.75) is 42.4 Å². The van der Waals surface area contributed by atoms with Crippen LogP contribution in [0.5, 0.6) is 0 Å². The lowest BCUT2D eigenvalue weighted by molar-refractivity contribution is 0.590. The third kappa shape index (κ3) is 2.73. The molecule has 100 valence electrons. The van der Waals surface area contributed by atoms with Gasteiger partial charge in [0.25, 0.3) is 0 Å². The number of hydrogen-bond donors (Lipinski definition) is 1. The van der Waals surface area contributed by atoms with Gasteiger partial charge in [0.05, 0.1) is 0 Å². The Labute approximate surface area is 116 Å². The number of anilines is 1. The molecule has 0 unspecified atom stereocenters. The van der Waals surface area contributed by atoms with Crippen molar-refractivity contribution in [1.29, 1.82) is 0 Å². The van der Waals surface area contributed by atoms with Crippen LogP contribution in [0.2, 0.25) is 0 Å². The fraction of sp³-hybridized carbons (Fsp3) is 0.462. The van der Waals surface area contributed by atoms with E-state index in [0.29, 0.717) is 0 Å². The predicted octanol–water partition coefficient (Wildman–Crippen LogP) is 2.59. The molecule has 3 rings (SSSR count). The van der Waals surface area contributed by atoms with E-state index in [0.717, 1.165) is 34.8 Å². The molecule has 3 heterocycles. The smallest absolute Gasteiger partial charge is 0.197 e. The van der Waals surface area contributed by atoms with Gasteiger partial charge >= 0.3 is 0 Å². The molecule has 0 saturated carbocycles. The lowest BCUT2D eigenvalue weighted by atomic mass is 10.2. The quantitative estimate of drug-likeness (QED) is 0.933. The average molecular weight is 275 g/mol. The zero-order valence-corrected chi connectivity index (χ0v) is 11.8. The lowest BCUT2D eigenvalue weighted by Crippen LogP contribution is -2.02. The molecular formula is C13H17N5S. The predicted molar refractivity (Wildman–Crippen MR) is 75.5 cm³/mol. The number of aryl methyl sites for hydroxylation is 1. The largest absolute Gasteiger partial charge is 0.373 e. The molecular weight excluding hydrogens is 258 g/mol. The number of rotatable bonds is 3. The van der Waals surface area contributed by atoms with Gasteiger partial charge in [0.1, 0.15) is 16.7 Å². The van der Waals surface area contributed by atoms with E-state index in [2.05, 4.69) is 25.1 Å². The monoisotopic (exact) mass is 275 g/mol. The Hall–Kier alpha value is -1.56. The first kappa shape index (κ1) is 12.5. The standard InChI is InChI=1S/C13H17N5S/c1-14-10-6-5-8-12(15-10)19-13-17-16-11-7-3-2-4-9-18(11)13/h5-6,8H,2-4,7,9H2,1H3,(H,14,15). The molecule has 6 heteroatoms. The van der Waals surface area contributed by atoms with Crippen LogP contribution in [-0.4, -0.2) is 26.8 Å². The van der Waals surface area contributed by atoms with Gasteiger partial charge in [0, 0.05) is 20.0 Å². The molecule has 2 aromatic heterocycles. The number of hydrogen-bond acceptors (Lipinski definition) is 5. The third-order valence-electron chi connectivity index (χ3n) is 3.25. The first-order valence-corrected chi connectivity index (χ1v) is 7.43. The number of nitrogens with zero attached hydrogens (tertiary/aromatic N) is 4. The number of nitrogens with one attached hydrogen (secondary N) is 1. The Balaban J connectivity index is 1.84. The zero-order valence-electron chi connectivity index (χ0n) is 11.0. The molecule has 0 radical (unpaired) electrons. The van der Waals surface area contributed by atoms with Gasteiger partial charge in [-0.05, 0) is 36.7 Å². The summed E-state index contributed by atoms with van der Waals surface area (Å²) in [7, 11) is 1.87. The first-order chi connectivity index (χ1) is 9.36. The molecule has 0 aliphatic carbocycles. The highest BCUT2D eigenvalue weighted by Gasteiger charge is 2.15. The molecule has 5 nitrogen and oxygen atoms in total. The van der Waals surface area contributed by atoms with Gasteiger partial charge in [-0.1, -0.05) is 12.5 Å². The van der Waals surface area contributed by atoms with Crippen LogP contribution in [0.25, 0.3) is 0 Å². The van der Waals surface area contributed by atoms with Gasteiger partial charge in [0.2, 0.25) is 0 Å². The van der Waals surface area contributed by atoms with E-state index in [1.54, 1.807) is 11.8 Å². The molecule has 1 N–H and O–H groups in total. The normalized spacial score (nSPS) is 14.8. The van der Waals surface area contributed by atoms with E-state index in [1.807, 2.05) is 25.2 Å². The Bertz CT molecular complexity index is 566. The Morgan fingerprint density at radius 2 is 2.16 bits per heavy atom. The van der Waals surface area contributed by atoms with Gasteiger partial charge in [-0.2, -0.15) is 0 Å². The average Bonchev–Trinajstić information content (AvgIpc) is 2.68. The molecule has 0 amide bonds. The lowest BCUT2D eigenvalue weighted by Gasteiger charge is -2.06. The fourth-order valence-corrected chi connectivity index (χ4v) is 3.10. The van der Waals surface area contributed by atoms with E-state index >= 15 is 0 Å². The van der Waals surface area contributed by atoms with E-state index in [9.17, 15) is 0 Å². The van der Waals surface area contributed by atoms with Crippen LogP contribution in [0.15, 0.2) is 28.4 Å². The van der Waals surface area contributed by atoms with Gasteiger partial charge in [-0.15, -0.1) is 10.2 Å². The number of fused-ring (bicyclic) bond motifs is 1. The highest BCUT2D eigenvalue weighted by Crippen LogP contribution is 2.27. The second-order valence-electron chi connectivity index (χ2n) is 4.57. The zero-order chi connectivity index (χ0) is 13.1. The minimum absolute atomic E-state index is 0.876. The maximum atomic E-state index is 4.51. The summed E-state index contributed by atoms with van der Waals surface area (Å²) < 4.78 is 2.24. The molecule has 0 bridgehead atoms. The van der Waals surface area contributed by atoms with E-state index < -0.39 is 0 Å². The summed E-state index contributed by atoms with van der Waals surface area (Å²) in [5.41, 5.74) is 0. The Kier molecular flexibility index (Phi) is 3.68. The second kappa shape index (κ2) is 5.61. The van der Waals surface area contributed by atoms with Crippen LogP contribution in [-0.2, 0) is 13.0 Å². The van der Waals surface area contributed by atoms with Crippen molar-refractivity contribution in [3.05, 3.63) is 24.0 Å². The molecule has 0 saturated heterocycles. The van der Waals surface area contributed by atoms with Crippen molar-refractivity contribution < 1.29 is 0 Å². The van der Waals surface area contributed by atoms with E-state index in [4.69, 9.17) is 0 Å². The first-order valence-electron chi connectivity index (χ1n) is 6.61. The van der Waals surface area contributed by atoms with Gasteiger partial charge in [-0.25, -0.2) is 4.98 Å². The minimum atomic E-state index is 0.876. The molecule has 0 spiro atoms. The molecule has 0 fully saturated rings. The Morgan fingerprint density at radius 1 is 1.21 bits per heavy atom. The van der Waals surface area contributed by atoms with Crippen LogP contribution < -0.4 is 5.32 Å². The van der Waals surface area contributed by atoms with Crippen molar-refractivity contribution in [2.24, 2.45) is 0 Å². The summed E-state index contributed by atoms with van der Waals surface area (Å²) in [6.07, 6.45) is 4.75. The van der Waals surface area contributed by atoms with E-state index in [1.165, 1.54) is 19.3 Å². The van der Waals surface area contributed by atoms with Crippen molar-refractivity contribution >= 4 is 17.6 Å². The van der Waals surface area contributed by atoms with Crippen molar-refractivity contribution in [3.63, 3.8) is 0 Å². The van der Waals surface area contributed by atoms with Crippen LogP contribution in [0.3, 0.4) is 0 Å². The second-order valence-corrected chi connectivity index (χ2v) is 5.56. The molecule has 1 aliphatic rings. The summed E-state index contributed by atoms with van der Waals surface area (Å²) in [5, 5.41) is 13.6. The van der Waals surface area contributed by atoms with Crippen molar-refractivity contribution in [1.82, 2.24) is 19.7 Å². The highest BCUT2D eigenvalue weighted by atomic mass is 32.2. The summed E-state index contributed by atoms with van der Waals surface area (Å²) in [6.45, 7) is 1.02. The van der Waals surface area contributed by atoms with Crippen LogP contribution in [0, 0.1) is 0 Å². The molecule has 2 aromatic rings. The Morgan fingerprint density at radius 3 is 3.05 bits per heavy atom.